The minimum Gasteiger partial charge on any atom is -0.356 e. The molecular weight excluding hydrogens is 264 g/mol. The van der Waals surface area contributed by atoms with Crippen molar-refractivity contribution in [3.05, 3.63) is 28.6 Å². The molecule has 0 radical (unpaired) electrons. The van der Waals surface area contributed by atoms with Crippen LogP contribution in [0.2, 0.25) is 0 Å². The molecule has 1 N–H and O–H groups in total. The molecule has 0 aromatic carbocycles. The van der Waals surface area contributed by atoms with Gasteiger partial charge in [-0.3, -0.25) is 4.79 Å². The molecule has 0 saturated carbocycles. The molecule has 2 rings (SSSR count). The summed E-state index contributed by atoms with van der Waals surface area (Å²) >= 11 is 3.26. The van der Waals surface area contributed by atoms with E-state index in [1.54, 1.807) is 22.7 Å². The third kappa shape index (κ3) is 3.65. The number of amides is 1. The van der Waals surface area contributed by atoms with Crippen molar-refractivity contribution in [2.45, 2.75) is 20.3 Å². The summed E-state index contributed by atoms with van der Waals surface area (Å²) in [6, 6.07) is 4.06. The zero-order chi connectivity index (χ0) is 13.0. The summed E-state index contributed by atoms with van der Waals surface area (Å²) in [6.45, 7) is 4.89. The third-order valence-corrected chi connectivity index (χ3v) is 4.26. The first-order chi connectivity index (χ1) is 8.65. The smallest absolute Gasteiger partial charge is 0.226 e. The molecule has 0 spiro atoms. The summed E-state index contributed by atoms with van der Waals surface area (Å²) in [5.41, 5.74) is 0.852. The highest BCUT2D eigenvalue weighted by Gasteiger charge is 2.09. The van der Waals surface area contributed by atoms with E-state index >= 15 is 0 Å². The standard InChI is InChI=1S/C13H16N2OS2/c1-9(2)7-14-12(16)6-10-8-18-13(15-10)11-4-3-5-17-11/h3-5,8-9H,6-7H2,1-2H3,(H,14,16). The number of thiophene rings is 1. The molecule has 0 aliphatic heterocycles. The second-order valence-corrected chi connectivity index (χ2v) is 6.30. The molecule has 0 aliphatic carbocycles. The fourth-order valence-corrected chi connectivity index (χ4v) is 3.08. The molecule has 0 bridgehead atoms. The Morgan fingerprint density at radius 3 is 2.94 bits per heavy atom. The molecule has 0 aliphatic rings. The Hall–Kier alpha value is -1.20. The van der Waals surface area contributed by atoms with E-state index in [1.807, 2.05) is 22.9 Å². The van der Waals surface area contributed by atoms with Gasteiger partial charge in [0.25, 0.3) is 0 Å². The summed E-state index contributed by atoms with van der Waals surface area (Å²) in [5.74, 6) is 0.526. The lowest BCUT2D eigenvalue weighted by molar-refractivity contribution is -0.120. The highest BCUT2D eigenvalue weighted by molar-refractivity contribution is 7.20. The average Bonchev–Trinajstić information content (AvgIpc) is 2.95. The van der Waals surface area contributed by atoms with Gasteiger partial charge < -0.3 is 5.32 Å². The van der Waals surface area contributed by atoms with Crippen molar-refractivity contribution in [1.82, 2.24) is 10.3 Å². The van der Waals surface area contributed by atoms with Crippen molar-refractivity contribution >= 4 is 28.6 Å². The van der Waals surface area contributed by atoms with Gasteiger partial charge in [0, 0.05) is 11.9 Å². The van der Waals surface area contributed by atoms with Crippen LogP contribution in [0.5, 0.6) is 0 Å². The van der Waals surface area contributed by atoms with Gasteiger partial charge in [0.05, 0.1) is 17.0 Å². The van der Waals surface area contributed by atoms with Gasteiger partial charge in [0.2, 0.25) is 5.91 Å². The van der Waals surface area contributed by atoms with Crippen LogP contribution in [0.15, 0.2) is 22.9 Å². The predicted molar refractivity (Wildman–Crippen MR) is 77.0 cm³/mol. The Balaban J connectivity index is 1.93. The van der Waals surface area contributed by atoms with Gasteiger partial charge >= 0.3 is 0 Å². The van der Waals surface area contributed by atoms with E-state index in [1.165, 1.54) is 0 Å². The summed E-state index contributed by atoms with van der Waals surface area (Å²) in [7, 11) is 0. The second-order valence-electron chi connectivity index (χ2n) is 4.50. The highest BCUT2D eigenvalue weighted by Crippen LogP contribution is 2.27. The molecular formula is C13H16N2OS2. The fourth-order valence-electron chi connectivity index (χ4n) is 1.45. The van der Waals surface area contributed by atoms with Crippen molar-refractivity contribution in [2.75, 3.05) is 6.54 Å². The monoisotopic (exact) mass is 280 g/mol. The first kappa shape index (κ1) is 13.2. The Kier molecular flexibility index (Phi) is 4.49. The van der Waals surface area contributed by atoms with Crippen LogP contribution in [-0.2, 0) is 11.2 Å². The highest BCUT2D eigenvalue weighted by atomic mass is 32.1. The van der Waals surface area contributed by atoms with Crippen LogP contribution in [-0.4, -0.2) is 17.4 Å². The average molecular weight is 280 g/mol. The lowest BCUT2D eigenvalue weighted by atomic mass is 10.2. The number of aromatic nitrogens is 1. The molecule has 0 fully saturated rings. The van der Waals surface area contributed by atoms with E-state index in [-0.39, 0.29) is 5.91 Å². The Morgan fingerprint density at radius 1 is 1.44 bits per heavy atom. The van der Waals surface area contributed by atoms with Gasteiger partial charge in [-0.05, 0) is 17.4 Å². The normalized spacial score (nSPS) is 10.8. The molecule has 2 aromatic rings. The maximum Gasteiger partial charge on any atom is 0.226 e. The zero-order valence-electron chi connectivity index (χ0n) is 10.5. The van der Waals surface area contributed by atoms with Crippen LogP contribution in [0.3, 0.4) is 0 Å². The first-order valence-corrected chi connectivity index (χ1v) is 7.66. The minimum absolute atomic E-state index is 0.0479. The van der Waals surface area contributed by atoms with Gasteiger partial charge in [0.15, 0.2) is 0 Å². The molecule has 96 valence electrons. The number of carbonyl (C=O) groups is 1. The van der Waals surface area contributed by atoms with Crippen LogP contribution in [0.1, 0.15) is 19.5 Å². The number of carbonyl (C=O) groups excluding carboxylic acids is 1. The van der Waals surface area contributed by atoms with Crippen molar-refractivity contribution < 1.29 is 4.79 Å². The molecule has 5 heteroatoms. The van der Waals surface area contributed by atoms with Crippen LogP contribution in [0, 0.1) is 5.92 Å². The van der Waals surface area contributed by atoms with Gasteiger partial charge in [-0.25, -0.2) is 4.98 Å². The van der Waals surface area contributed by atoms with Gasteiger partial charge in [0.1, 0.15) is 5.01 Å². The molecule has 2 aromatic heterocycles. The van der Waals surface area contributed by atoms with Crippen molar-refractivity contribution in [2.24, 2.45) is 5.92 Å². The molecule has 0 saturated heterocycles. The number of nitrogens with one attached hydrogen (secondary N) is 1. The molecule has 18 heavy (non-hydrogen) atoms. The number of nitrogens with zero attached hydrogens (tertiary/aromatic N) is 1. The maximum atomic E-state index is 11.7. The second kappa shape index (κ2) is 6.11. The van der Waals surface area contributed by atoms with E-state index < -0.39 is 0 Å². The largest absolute Gasteiger partial charge is 0.356 e. The molecule has 2 heterocycles. The summed E-state index contributed by atoms with van der Waals surface area (Å²) in [6.07, 6.45) is 0.370. The minimum atomic E-state index is 0.0479. The summed E-state index contributed by atoms with van der Waals surface area (Å²) in [5, 5.41) is 7.90. The van der Waals surface area contributed by atoms with Crippen LogP contribution in [0.25, 0.3) is 9.88 Å². The Labute approximate surface area is 115 Å². The first-order valence-electron chi connectivity index (χ1n) is 5.90. The van der Waals surface area contributed by atoms with Crippen molar-refractivity contribution in [3.8, 4) is 9.88 Å². The Bertz CT molecular complexity index is 503. The lowest BCUT2D eigenvalue weighted by Gasteiger charge is -2.06. The van der Waals surface area contributed by atoms with E-state index in [4.69, 9.17) is 0 Å². The van der Waals surface area contributed by atoms with Crippen molar-refractivity contribution in [3.63, 3.8) is 0 Å². The summed E-state index contributed by atoms with van der Waals surface area (Å²) < 4.78 is 0. The molecule has 3 nitrogen and oxygen atoms in total. The Morgan fingerprint density at radius 2 is 2.28 bits per heavy atom. The van der Waals surface area contributed by atoms with E-state index in [0.717, 1.165) is 22.1 Å². The number of rotatable bonds is 5. The number of thiazole rings is 1. The van der Waals surface area contributed by atoms with Crippen LogP contribution >= 0.6 is 22.7 Å². The van der Waals surface area contributed by atoms with Crippen molar-refractivity contribution in [1.29, 1.82) is 0 Å². The van der Waals surface area contributed by atoms with Gasteiger partial charge in [-0.1, -0.05) is 19.9 Å². The molecule has 0 atom stereocenters. The maximum absolute atomic E-state index is 11.7. The topological polar surface area (TPSA) is 42.0 Å². The fraction of sp³-hybridized carbons (Fsp3) is 0.385. The summed E-state index contributed by atoms with van der Waals surface area (Å²) in [4.78, 5) is 17.3. The quantitative estimate of drug-likeness (QED) is 0.914. The van der Waals surface area contributed by atoms with E-state index in [0.29, 0.717) is 12.3 Å². The van der Waals surface area contributed by atoms with Crippen LogP contribution < -0.4 is 5.32 Å². The zero-order valence-corrected chi connectivity index (χ0v) is 12.1. The van der Waals surface area contributed by atoms with E-state index in [9.17, 15) is 4.79 Å². The van der Waals surface area contributed by atoms with Crippen LogP contribution in [0.4, 0.5) is 0 Å². The number of hydrogen-bond donors (Lipinski definition) is 1. The van der Waals surface area contributed by atoms with Gasteiger partial charge in [-0.2, -0.15) is 0 Å². The molecule has 1 amide bonds. The third-order valence-electron chi connectivity index (χ3n) is 2.33. The predicted octanol–water partition coefficient (Wildman–Crippen LogP) is 3.19. The SMILES string of the molecule is CC(C)CNC(=O)Cc1csc(-c2cccs2)n1. The van der Waals surface area contributed by atoms with E-state index in [2.05, 4.69) is 24.1 Å². The van der Waals surface area contributed by atoms with Gasteiger partial charge in [-0.15, -0.1) is 22.7 Å². The lowest BCUT2D eigenvalue weighted by Crippen LogP contribution is -2.28. The molecule has 0 unspecified atom stereocenters. The number of hydrogen-bond acceptors (Lipinski definition) is 4.